The summed E-state index contributed by atoms with van der Waals surface area (Å²) >= 11 is 0. The molecule has 6 nitrogen and oxygen atoms in total. The molecule has 0 bridgehead atoms. The van der Waals surface area contributed by atoms with Crippen molar-refractivity contribution in [3.8, 4) is 0 Å². The summed E-state index contributed by atoms with van der Waals surface area (Å²) in [5.74, 6) is -0.101. The average Bonchev–Trinajstić information content (AvgIpc) is 2.85. The molecular weight excluding hydrogens is 234 g/mol. The summed E-state index contributed by atoms with van der Waals surface area (Å²) in [6.07, 6.45) is 5.72. The second kappa shape index (κ2) is 5.20. The molecule has 1 saturated carbocycles. The fourth-order valence-corrected chi connectivity index (χ4v) is 2.32. The lowest BCUT2D eigenvalue weighted by molar-refractivity contribution is -0.132. The molecule has 18 heavy (non-hydrogen) atoms. The number of carbonyl (C=O) groups is 1. The Morgan fingerprint density at radius 2 is 2.11 bits per heavy atom. The van der Waals surface area contributed by atoms with Crippen molar-refractivity contribution in [2.45, 2.75) is 38.3 Å². The first-order valence-corrected chi connectivity index (χ1v) is 6.13. The van der Waals surface area contributed by atoms with Gasteiger partial charge in [-0.25, -0.2) is 4.79 Å². The summed E-state index contributed by atoms with van der Waals surface area (Å²) in [6.45, 7) is -0.0252. The highest BCUT2D eigenvalue weighted by atomic mass is 16.2. The Balaban J connectivity index is 2.06. The topological polar surface area (TPSA) is 75.2 Å². The van der Waals surface area contributed by atoms with Gasteiger partial charge in [0.25, 0.3) is 5.56 Å². The molecule has 0 unspecified atom stereocenters. The lowest BCUT2D eigenvalue weighted by Crippen LogP contribution is -2.40. The van der Waals surface area contributed by atoms with Gasteiger partial charge in [-0.1, -0.05) is 12.8 Å². The quantitative estimate of drug-likeness (QED) is 0.817. The zero-order valence-corrected chi connectivity index (χ0v) is 10.4. The lowest BCUT2D eigenvalue weighted by Gasteiger charge is -2.24. The maximum Gasteiger partial charge on any atom is 0.328 e. The van der Waals surface area contributed by atoms with Gasteiger partial charge in [-0.3, -0.25) is 19.1 Å². The number of hydrogen-bond acceptors (Lipinski definition) is 3. The summed E-state index contributed by atoms with van der Waals surface area (Å²) in [4.78, 5) is 38.2. The summed E-state index contributed by atoms with van der Waals surface area (Å²) in [5, 5.41) is 0. The molecular formula is C12H17N3O3. The van der Waals surface area contributed by atoms with Crippen LogP contribution in [0.5, 0.6) is 0 Å². The highest BCUT2D eigenvalue weighted by Gasteiger charge is 2.23. The zero-order chi connectivity index (χ0) is 13.1. The minimum absolute atomic E-state index is 0.0252. The predicted octanol–water partition coefficient (Wildman–Crippen LogP) is -0.0624. The van der Waals surface area contributed by atoms with E-state index in [1.807, 2.05) is 0 Å². The van der Waals surface area contributed by atoms with Gasteiger partial charge >= 0.3 is 5.69 Å². The largest absolute Gasteiger partial charge is 0.341 e. The number of H-pyrrole nitrogens is 1. The number of aromatic nitrogens is 2. The van der Waals surface area contributed by atoms with Crippen LogP contribution in [0.4, 0.5) is 0 Å². The van der Waals surface area contributed by atoms with E-state index in [1.54, 1.807) is 11.9 Å². The monoisotopic (exact) mass is 251 g/mol. The molecule has 1 N–H and O–H groups in total. The molecule has 1 aromatic rings. The third-order valence-electron chi connectivity index (χ3n) is 3.47. The molecule has 0 aromatic carbocycles. The van der Waals surface area contributed by atoms with Gasteiger partial charge in [0, 0.05) is 25.4 Å². The Labute approximate surface area is 104 Å². The van der Waals surface area contributed by atoms with Crippen LogP contribution in [0.3, 0.4) is 0 Å². The van der Waals surface area contributed by atoms with Crippen molar-refractivity contribution < 1.29 is 4.79 Å². The molecule has 6 heteroatoms. The van der Waals surface area contributed by atoms with Crippen LogP contribution in [0.2, 0.25) is 0 Å². The number of rotatable bonds is 3. The van der Waals surface area contributed by atoms with E-state index in [0.717, 1.165) is 25.7 Å². The normalized spacial score (nSPS) is 15.8. The van der Waals surface area contributed by atoms with Crippen molar-refractivity contribution in [1.29, 1.82) is 0 Å². The smallest absolute Gasteiger partial charge is 0.328 e. The summed E-state index contributed by atoms with van der Waals surface area (Å²) in [5.41, 5.74) is -0.997. The molecule has 0 atom stereocenters. The van der Waals surface area contributed by atoms with E-state index in [-0.39, 0.29) is 18.5 Å². The average molecular weight is 251 g/mol. The predicted molar refractivity (Wildman–Crippen MR) is 66.3 cm³/mol. The molecule has 98 valence electrons. The molecule has 1 aliphatic carbocycles. The molecule has 1 heterocycles. The van der Waals surface area contributed by atoms with Gasteiger partial charge < -0.3 is 4.90 Å². The van der Waals surface area contributed by atoms with Crippen molar-refractivity contribution in [3.63, 3.8) is 0 Å². The lowest BCUT2D eigenvalue weighted by atomic mass is 10.2. The zero-order valence-electron chi connectivity index (χ0n) is 10.4. The summed E-state index contributed by atoms with van der Waals surface area (Å²) in [6, 6.07) is 1.53. The Morgan fingerprint density at radius 1 is 1.44 bits per heavy atom. The van der Waals surface area contributed by atoms with Crippen LogP contribution in [0.25, 0.3) is 0 Å². The number of hydrogen-bond donors (Lipinski definition) is 1. The van der Waals surface area contributed by atoms with E-state index in [2.05, 4.69) is 4.98 Å². The van der Waals surface area contributed by atoms with E-state index in [1.165, 1.54) is 16.8 Å². The second-order valence-corrected chi connectivity index (χ2v) is 4.68. The van der Waals surface area contributed by atoms with Crippen molar-refractivity contribution >= 4 is 5.91 Å². The summed E-state index contributed by atoms with van der Waals surface area (Å²) < 4.78 is 1.22. The van der Waals surface area contributed by atoms with Crippen LogP contribution in [0.15, 0.2) is 21.9 Å². The molecule has 0 spiro atoms. The second-order valence-electron chi connectivity index (χ2n) is 4.68. The number of nitrogens with one attached hydrogen (secondary N) is 1. The SMILES string of the molecule is CN(C(=O)Cn1ccc(=O)[nH]c1=O)C1CCCC1. The van der Waals surface area contributed by atoms with E-state index < -0.39 is 11.2 Å². The van der Waals surface area contributed by atoms with Gasteiger partial charge in [0.1, 0.15) is 6.54 Å². The highest BCUT2D eigenvalue weighted by Crippen LogP contribution is 2.22. The van der Waals surface area contributed by atoms with Crippen LogP contribution in [-0.2, 0) is 11.3 Å². The third-order valence-corrected chi connectivity index (χ3v) is 3.47. The summed E-state index contributed by atoms with van der Waals surface area (Å²) in [7, 11) is 1.77. The van der Waals surface area contributed by atoms with E-state index in [0.29, 0.717) is 0 Å². The van der Waals surface area contributed by atoms with Gasteiger partial charge in [0.2, 0.25) is 5.91 Å². The molecule has 1 aromatic heterocycles. The maximum absolute atomic E-state index is 12.0. The number of aromatic amines is 1. The van der Waals surface area contributed by atoms with Crippen LogP contribution < -0.4 is 11.2 Å². The maximum atomic E-state index is 12.0. The molecule has 0 saturated heterocycles. The molecule has 2 rings (SSSR count). The van der Waals surface area contributed by atoms with Crippen LogP contribution in [-0.4, -0.2) is 33.4 Å². The number of likely N-dealkylation sites (N-methyl/N-ethyl adjacent to an activating group) is 1. The van der Waals surface area contributed by atoms with E-state index in [4.69, 9.17) is 0 Å². The highest BCUT2D eigenvalue weighted by molar-refractivity contribution is 5.76. The molecule has 1 amide bonds. The third kappa shape index (κ3) is 2.69. The van der Waals surface area contributed by atoms with Gasteiger partial charge in [-0.15, -0.1) is 0 Å². The number of nitrogens with zero attached hydrogens (tertiary/aromatic N) is 2. The van der Waals surface area contributed by atoms with E-state index in [9.17, 15) is 14.4 Å². The van der Waals surface area contributed by atoms with Crippen molar-refractivity contribution in [2.24, 2.45) is 0 Å². The number of amides is 1. The van der Waals surface area contributed by atoms with Gasteiger partial charge in [-0.2, -0.15) is 0 Å². The minimum Gasteiger partial charge on any atom is -0.341 e. The first kappa shape index (κ1) is 12.6. The Kier molecular flexibility index (Phi) is 3.64. The fourth-order valence-electron chi connectivity index (χ4n) is 2.32. The van der Waals surface area contributed by atoms with Gasteiger partial charge in [0.15, 0.2) is 0 Å². The molecule has 0 radical (unpaired) electrons. The van der Waals surface area contributed by atoms with Crippen LogP contribution >= 0.6 is 0 Å². The Bertz CT molecular complexity index is 540. The molecule has 1 fully saturated rings. The van der Waals surface area contributed by atoms with E-state index >= 15 is 0 Å². The van der Waals surface area contributed by atoms with Gasteiger partial charge in [0.05, 0.1) is 0 Å². The minimum atomic E-state index is -0.546. The number of carbonyl (C=O) groups excluding carboxylic acids is 1. The molecule has 0 aliphatic heterocycles. The van der Waals surface area contributed by atoms with Crippen molar-refractivity contribution in [1.82, 2.24) is 14.5 Å². The standard InChI is InChI=1S/C12H17N3O3/c1-14(9-4-2-3-5-9)11(17)8-15-7-6-10(16)13-12(15)18/h6-7,9H,2-5,8H2,1H3,(H,13,16,18). The first-order chi connectivity index (χ1) is 8.58. The van der Waals surface area contributed by atoms with Gasteiger partial charge in [-0.05, 0) is 12.8 Å². The first-order valence-electron chi connectivity index (χ1n) is 6.13. The fraction of sp³-hybridized carbons (Fsp3) is 0.583. The molecule has 1 aliphatic rings. The van der Waals surface area contributed by atoms with Crippen molar-refractivity contribution in [2.75, 3.05) is 7.05 Å². The van der Waals surface area contributed by atoms with Crippen molar-refractivity contribution in [3.05, 3.63) is 33.1 Å². The van der Waals surface area contributed by atoms with Crippen LogP contribution in [0, 0.1) is 0 Å². The Morgan fingerprint density at radius 3 is 2.72 bits per heavy atom. The Hall–Kier alpha value is -1.85. The van der Waals surface area contributed by atoms with Crippen LogP contribution in [0.1, 0.15) is 25.7 Å².